The molecule has 0 atom stereocenters. The van der Waals surface area contributed by atoms with E-state index in [-0.39, 0.29) is 5.69 Å². The maximum atomic E-state index is 10.8. The van der Waals surface area contributed by atoms with Gasteiger partial charge in [-0.3, -0.25) is 5.10 Å². The van der Waals surface area contributed by atoms with Gasteiger partial charge in [-0.25, -0.2) is 4.79 Å². The van der Waals surface area contributed by atoms with Crippen molar-refractivity contribution in [3.8, 4) is 11.3 Å². The highest BCUT2D eigenvalue weighted by Gasteiger charge is 2.11. The number of rotatable bonds is 3. The third-order valence-electron chi connectivity index (χ3n) is 2.73. The molecule has 0 saturated carbocycles. The van der Waals surface area contributed by atoms with Gasteiger partial charge in [0.05, 0.1) is 5.69 Å². The summed E-state index contributed by atoms with van der Waals surface area (Å²) in [5.41, 5.74) is 4.10. The first-order valence-corrected chi connectivity index (χ1v) is 5.50. The van der Waals surface area contributed by atoms with E-state index in [9.17, 15) is 4.79 Å². The van der Waals surface area contributed by atoms with E-state index in [4.69, 9.17) is 5.11 Å². The first-order chi connectivity index (χ1) is 8.11. The second-order valence-electron chi connectivity index (χ2n) is 3.99. The Balaban J connectivity index is 2.51. The second-order valence-corrected chi connectivity index (χ2v) is 3.99. The van der Waals surface area contributed by atoms with Crippen molar-refractivity contribution in [1.29, 1.82) is 0 Å². The fourth-order valence-corrected chi connectivity index (χ4v) is 1.81. The Kier molecular flexibility index (Phi) is 2.95. The summed E-state index contributed by atoms with van der Waals surface area (Å²) >= 11 is 0. The maximum absolute atomic E-state index is 10.8. The van der Waals surface area contributed by atoms with Crippen molar-refractivity contribution in [1.82, 2.24) is 10.2 Å². The van der Waals surface area contributed by atoms with Crippen molar-refractivity contribution >= 4 is 5.97 Å². The molecule has 2 aromatic rings. The Bertz CT molecular complexity index is 558. The van der Waals surface area contributed by atoms with E-state index < -0.39 is 5.97 Å². The molecule has 4 heteroatoms. The lowest BCUT2D eigenvalue weighted by molar-refractivity contribution is 0.0690. The molecule has 1 aromatic carbocycles. The molecule has 2 rings (SSSR count). The number of benzene rings is 1. The Hall–Kier alpha value is -2.10. The number of aromatic nitrogens is 2. The number of carboxylic acids is 1. The molecular formula is C13H14N2O2. The molecule has 0 amide bonds. The van der Waals surface area contributed by atoms with Crippen LogP contribution in [0.2, 0.25) is 0 Å². The van der Waals surface area contributed by atoms with Crippen LogP contribution in [-0.2, 0) is 6.42 Å². The number of carboxylic acid groups (broad SMARTS) is 1. The van der Waals surface area contributed by atoms with Crippen LogP contribution in [0.3, 0.4) is 0 Å². The molecular weight excluding hydrogens is 216 g/mol. The predicted octanol–water partition coefficient (Wildman–Crippen LogP) is 2.65. The molecule has 0 aliphatic heterocycles. The minimum absolute atomic E-state index is 0.114. The average molecular weight is 230 g/mol. The Labute approximate surface area is 99.3 Å². The minimum atomic E-state index is -0.991. The standard InChI is InChI=1S/C13H14N2O2/c1-3-9-5-4-8(2)6-10(9)11-7-12(13(16)17)15-14-11/h4-7H,3H2,1-2H3,(H,14,15)(H,16,17). The lowest BCUT2D eigenvalue weighted by Gasteiger charge is -2.05. The molecule has 0 unspecified atom stereocenters. The van der Waals surface area contributed by atoms with Gasteiger partial charge >= 0.3 is 5.97 Å². The summed E-state index contributed by atoms with van der Waals surface area (Å²) in [7, 11) is 0. The summed E-state index contributed by atoms with van der Waals surface area (Å²) < 4.78 is 0. The zero-order valence-corrected chi connectivity index (χ0v) is 9.82. The third kappa shape index (κ3) is 2.20. The van der Waals surface area contributed by atoms with Crippen molar-refractivity contribution < 1.29 is 9.90 Å². The van der Waals surface area contributed by atoms with E-state index in [0.717, 1.165) is 17.5 Å². The Morgan fingerprint density at radius 3 is 2.76 bits per heavy atom. The molecule has 0 fully saturated rings. The molecule has 1 aromatic heterocycles. The largest absolute Gasteiger partial charge is 0.477 e. The number of aryl methyl sites for hydroxylation is 2. The SMILES string of the molecule is CCc1ccc(C)cc1-c1cc(C(=O)O)[nH]n1. The van der Waals surface area contributed by atoms with E-state index in [2.05, 4.69) is 23.2 Å². The number of carbonyl (C=O) groups is 1. The highest BCUT2D eigenvalue weighted by atomic mass is 16.4. The summed E-state index contributed by atoms with van der Waals surface area (Å²) in [5.74, 6) is -0.991. The van der Waals surface area contributed by atoms with Gasteiger partial charge in [-0.1, -0.05) is 24.6 Å². The number of hydrogen-bond donors (Lipinski definition) is 2. The molecule has 88 valence electrons. The van der Waals surface area contributed by atoms with E-state index in [1.165, 1.54) is 5.56 Å². The predicted molar refractivity (Wildman–Crippen MR) is 65.1 cm³/mol. The molecule has 17 heavy (non-hydrogen) atoms. The number of nitrogens with one attached hydrogen (secondary N) is 1. The fourth-order valence-electron chi connectivity index (χ4n) is 1.81. The maximum Gasteiger partial charge on any atom is 0.353 e. The summed E-state index contributed by atoms with van der Waals surface area (Å²) in [6, 6.07) is 7.70. The highest BCUT2D eigenvalue weighted by molar-refractivity contribution is 5.87. The van der Waals surface area contributed by atoms with Crippen LogP contribution in [0.4, 0.5) is 0 Å². The van der Waals surface area contributed by atoms with Crippen LogP contribution >= 0.6 is 0 Å². The lowest BCUT2D eigenvalue weighted by atomic mass is 10.00. The zero-order chi connectivity index (χ0) is 12.4. The van der Waals surface area contributed by atoms with Gasteiger partial charge in [0.1, 0.15) is 5.69 Å². The van der Waals surface area contributed by atoms with E-state index in [1.54, 1.807) is 6.07 Å². The first kappa shape index (κ1) is 11.4. The third-order valence-corrected chi connectivity index (χ3v) is 2.73. The lowest BCUT2D eigenvalue weighted by Crippen LogP contribution is -1.95. The number of aromatic carboxylic acids is 1. The Morgan fingerprint density at radius 1 is 1.41 bits per heavy atom. The van der Waals surface area contributed by atoms with Gasteiger partial charge in [0, 0.05) is 5.56 Å². The zero-order valence-electron chi connectivity index (χ0n) is 9.82. The number of H-pyrrole nitrogens is 1. The molecule has 0 spiro atoms. The van der Waals surface area contributed by atoms with Crippen molar-refractivity contribution in [3.63, 3.8) is 0 Å². The number of hydrogen-bond acceptors (Lipinski definition) is 2. The molecule has 0 aliphatic rings. The molecule has 0 bridgehead atoms. The molecule has 4 nitrogen and oxygen atoms in total. The van der Waals surface area contributed by atoms with Crippen LogP contribution in [-0.4, -0.2) is 21.3 Å². The van der Waals surface area contributed by atoms with Crippen LogP contribution in [0.1, 0.15) is 28.5 Å². The van der Waals surface area contributed by atoms with Gasteiger partial charge in [0.15, 0.2) is 0 Å². The van der Waals surface area contributed by atoms with Crippen molar-refractivity contribution in [2.75, 3.05) is 0 Å². The van der Waals surface area contributed by atoms with E-state index >= 15 is 0 Å². The number of nitrogens with zero attached hydrogens (tertiary/aromatic N) is 1. The normalized spacial score (nSPS) is 10.5. The van der Waals surface area contributed by atoms with Gasteiger partial charge in [-0.2, -0.15) is 5.10 Å². The number of aromatic amines is 1. The highest BCUT2D eigenvalue weighted by Crippen LogP contribution is 2.24. The molecule has 0 radical (unpaired) electrons. The van der Waals surface area contributed by atoms with Crippen molar-refractivity contribution in [2.45, 2.75) is 20.3 Å². The molecule has 2 N–H and O–H groups in total. The van der Waals surface area contributed by atoms with E-state index in [0.29, 0.717) is 5.69 Å². The minimum Gasteiger partial charge on any atom is -0.477 e. The second kappa shape index (κ2) is 4.41. The van der Waals surface area contributed by atoms with Gasteiger partial charge in [-0.05, 0) is 31.0 Å². The van der Waals surface area contributed by atoms with Crippen LogP contribution in [0, 0.1) is 6.92 Å². The molecule has 0 saturated heterocycles. The van der Waals surface area contributed by atoms with Crippen LogP contribution in [0.5, 0.6) is 0 Å². The summed E-state index contributed by atoms with van der Waals surface area (Å²) in [4.78, 5) is 10.8. The smallest absolute Gasteiger partial charge is 0.353 e. The van der Waals surface area contributed by atoms with Crippen LogP contribution < -0.4 is 0 Å². The van der Waals surface area contributed by atoms with Crippen molar-refractivity contribution in [2.24, 2.45) is 0 Å². The van der Waals surface area contributed by atoms with Gasteiger partial charge in [0.2, 0.25) is 0 Å². The van der Waals surface area contributed by atoms with Gasteiger partial charge < -0.3 is 5.11 Å². The van der Waals surface area contributed by atoms with E-state index in [1.807, 2.05) is 19.1 Å². The average Bonchev–Trinajstić information content (AvgIpc) is 2.78. The first-order valence-electron chi connectivity index (χ1n) is 5.50. The van der Waals surface area contributed by atoms with Crippen LogP contribution in [0.25, 0.3) is 11.3 Å². The Morgan fingerprint density at radius 2 is 2.18 bits per heavy atom. The monoisotopic (exact) mass is 230 g/mol. The topological polar surface area (TPSA) is 66.0 Å². The molecule has 0 aliphatic carbocycles. The van der Waals surface area contributed by atoms with Crippen LogP contribution in [0.15, 0.2) is 24.3 Å². The summed E-state index contributed by atoms with van der Waals surface area (Å²) in [6.45, 7) is 4.08. The quantitative estimate of drug-likeness (QED) is 0.851. The van der Waals surface area contributed by atoms with Gasteiger partial charge in [0.25, 0.3) is 0 Å². The summed E-state index contributed by atoms with van der Waals surface area (Å²) in [5, 5.41) is 15.4. The van der Waals surface area contributed by atoms with Crippen molar-refractivity contribution in [3.05, 3.63) is 41.1 Å². The molecule has 1 heterocycles. The van der Waals surface area contributed by atoms with Gasteiger partial charge in [-0.15, -0.1) is 0 Å². The summed E-state index contributed by atoms with van der Waals surface area (Å²) in [6.07, 6.45) is 0.894. The fraction of sp³-hybridized carbons (Fsp3) is 0.231.